The quantitative estimate of drug-likeness (QED) is 0.714. The van der Waals surface area contributed by atoms with E-state index in [9.17, 15) is 5.11 Å². The lowest BCUT2D eigenvalue weighted by Gasteiger charge is -2.18. The van der Waals surface area contributed by atoms with Crippen molar-refractivity contribution in [2.75, 3.05) is 23.7 Å². The molecule has 5 nitrogen and oxygen atoms in total. The van der Waals surface area contributed by atoms with Crippen molar-refractivity contribution in [2.24, 2.45) is 5.92 Å². The van der Waals surface area contributed by atoms with Crippen molar-refractivity contribution < 1.29 is 5.11 Å². The Balaban J connectivity index is 2.02. The van der Waals surface area contributed by atoms with Crippen molar-refractivity contribution in [1.82, 2.24) is 9.97 Å². The van der Waals surface area contributed by atoms with Crippen LogP contribution in [0.1, 0.15) is 45.1 Å². The summed E-state index contributed by atoms with van der Waals surface area (Å²) in [6, 6.07) is 0. The van der Waals surface area contributed by atoms with E-state index in [2.05, 4.69) is 34.4 Å². The second kappa shape index (κ2) is 7.43. The van der Waals surface area contributed by atoms with E-state index >= 15 is 0 Å². The average molecular weight is 278 g/mol. The summed E-state index contributed by atoms with van der Waals surface area (Å²) in [6.45, 7) is 5.97. The maximum atomic E-state index is 9.88. The van der Waals surface area contributed by atoms with Gasteiger partial charge in [0.25, 0.3) is 0 Å². The predicted molar refractivity (Wildman–Crippen MR) is 82.0 cm³/mol. The molecular formula is C15H26N4O. The van der Waals surface area contributed by atoms with Gasteiger partial charge in [-0.25, -0.2) is 9.97 Å². The van der Waals surface area contributed by atoms with Crippen LogP contribution in [0.2, 0.25) is 0 Å². The number of nitrogens with zero attached hydrogens (tertiary/aromatic N) is 2. The summed E-state index contributed by atoms with van der Waals surface area (Å²) in [7, 11) is 0. The van der Waals surface area contributed by atoms with Crippen LogP contribution in [0.3, 0.4) is 0 Å². The van der Waals surface area contributed by atoms with E-state index in [4.69, 9.17) is 0 Å². The van der Waals surface area contributed by atoms with E-state index in [0.717, 1.165) is 62.4 Å². The summed E-state index contributed by atoms with van der Waals surface area (Å²) in [5, 5.41) is 16.6. The van der Waals surface area contributed by atoms with E-state index in [1.54, 1.807) is 6.33 Å². The summed E-state index contributed by atoms with van der Waals surface area (Å²) >= 11 is 0. The van der Waals surface area contributed by atoms with E-state index < -0.39 is 0 Å². The van der Waals surface area contributed by atoms with Gasteiger partial charge in [-0.15, -0.1) is 0 Å². The van der Waals surface area contributed by atoms with Crippen molar-refractivity contribution in [1.29, 1.82) is 0 Å². The van der Waals surface area contributed by atoms with Crippen LogP contribution in [0.4, 0.5) is 11.6 Å². The highest BCUT2D eigenvalue weighted by molar-refractivity contribution is 5.57. The number of anilines is 2. The monoisotopic (exact) mass is 278 g/mol. The van der Waals surface area contributed by atoms with Crippen LogP contribution in [0.25, 0.3) is 0 Å². The molecule has 1 fully saturated rings. The van der Waals surface area contributed by atoms with Crippen molar-refractivity contribution in [2.45, 2.75) is 52.1 Å². The van der Waals surface area contributed by atoms with Gasteiger partial charge in [-0.05, 0) is 25.7 Å². The van der Waals surface area contributed by atoms with Crippen LogP contribution >= 0.6 is 0 Å². The molecule has 1 aromatic heterocycles. The van der Waals surface area contributed by atoms with Gasteiger partial charge in [-0.2, -0.15) is 0 Å². The minimum Gasteiger partial charge on any atom is -0.393 e. The molecule has 2 atom stereocenters. The number of nitrogens with one attached hydrogen (secondary N) is 2. The van der Waals surface area contributed by atoms with Crippen LogP contribution in [0.5, 0.6) is 0 Å². The molecule has 2 unspecified atom stereocenters. The topological polar surface area (TPSA) is 70.1 Å². The standard InChI is InChI=1S/C15H26N4O/c1-3-8-16-14-12(4-2)15(19-10-18-14)17-9-11-6-5-7-13(11)20/h10-11,13,20H,3-9H2,1-2H3,(H2,16,17,18,19). The van der Waals surface area contributed by atoms with Gasteiger partial charge in [0.1, 0.15) is 18.0 Å². The Morgan fingerprint density at radius 2 is 1.95 bits per heavy atom. The Morgan fingerprint density at radius 3 is 2.55 bits per heavy atom. The predicted octanol–water partition coefficient (Wildman–Crippen LogP) is 2.43. The fraction of sp³-hybridized carbons (Fsp3) is 0.733. The molecule has 1 aliphatic rings. The molecule has 0 aromatic carbocycles. The maximum absolute atomic E-state index is 9.88. The number of hydrogen-bond donors (Lipinski definition) is 3. The molecule has 0 spiro atoms. The molecule has 20 heavy (non-hydrogen) atoms. The second-order valence-electron chi connectivity index (χ2n) is 5.47. The third-order valence-electron chi connectivity index (χ3n) is 3.99. The summed E-state index contributed by atoms with van der Waals surface area (Å²) < 4.78 is 0. The zero-order valence-corrected chi connectivity index (χ0v) is 12.5. The first-order valence-corrected chi connectivity index (χ1v) is 7.75. The van der Waals surface area contributed by atoms with E-state index in [1.165, 1.54) is 0 Å². The van der Waals surface area contributed by atoms with Gasteiger partial charge in [-0.3, -0.25) is 0 Å². The number of rotatable bonds is 7. The highest BCUT2D eigenvalue weighted by atomic mass is 16.3. The van der Waals surface area contributed by atoms with Crippen molar-refractivity contribution >= 4 is 11.6 Å². The first-order chi connectivity index (χ1) is 9.76. The van der Waals surface area contributed by atoms with Gasteiger partial charge in [0, 0.05) is 24.6 Å². The molecule has 1 aliphatic carbocycles. The molecule has 0 saturated heterocycles. The second-order valence-corrected chi connectivity index (χ2v) is 5.47. The number of hydrogen-bond acceptors (Lipinski definition) is 5. The first kappa shape index (κ1) is 15.0. The van der Waals surface area contributed by atoms with Gasteiger partial charge in [0.2, 0.25) is 0 Å². The number of aliphatic hydroxyl groups excluding tert-OH is 1. The molecule has 2 rings (SSSR count). The largest absolute Gasteiger partial charge is 0.393 e. The van der Waals surface area contributed by atoms with Crippen LogP contribution in [-0.2, 0) is 6.42 Å². The Morgan fingerprint density at radius 1 is 1.20 bits per heavy atom. The van der Waals surface area contributed by atoms with Crippen LogP contribution in [0.15, 0.2) is 6.33 Å². The molecule has 0 amide bonds. The Labute approximate surface area is 121 Å². The summed E-state index contributed by atoms with van der Waals surface area (Å²) in [5.41, 5.74) is 1.13. The minimum atomic E-state index is -0.160. The summed E-state index contributed by atoms with van der Waals surface area (Å²) in [5.74, 6) is 2.18. The molecule has 112 valence electrons. The molecule has 0 radical (unpaired) electrons. The van der Waals surface area contributed by atoms with Gasteiger partial charge >= 0.3 is 0 Å². The van der Waals surface area contributed by atoms with E-state index in [0.29, 0.717) is 5.92 Å². The van der Waals surface area contributed by atoms with Crippen LogP contribution in [-0.4, -0.2) is 34.3 Å². The first-order valence-electron chi connectivity index (χ1n) is 7.75. The zero-order valence-electron chi connectivity index (χ0n) is 12.5. The van der Waals surface area contributed by atoms with Crippen LogP contribution in [0, 0.1) is 5.92 Å². The van der Waals surface area contributed by atoms with E-state index in [1.807, 2.05) is 0 Å². The lowest BCUT2D eigenvalue weighted by atomic mass is 10.1. The van der Waals surface area contributed by atoms with Crippen molar-refractivity contribution in [3.8, 4) is 0 Å². The highest BCUT2D eigenvalue weighted by Gasteiger charge is 2.25. The molecule has 1 aromatic rings. The number of aliphatic hydroxyl groups is 1. The Kier molecular flexibility index (Phi) is 5.59. The third-order valence-corrected chi connectivity index (χ3v) is 3.99. The highest BCUT2D eigenvalue weighted by Crippen LogP contribution is 2.27. The van der Waals surface area contributed by atoms with Gasteiger partial charge in [0.05, 0.1) is 6.10 Å². The molecule has 0 bridgehead atoms. The lowest BCUT2D eigenvalue weighted by Crippen LogP contribution is -2.23. The fourth-order valence-corrected chi connectivity index (χ4v) is 2.78. The van der Waals surface area contributed by atoms with Gasteiger partial charge in [-0.1, -0.05) is 20.3 Å². The SMILES string of the molecule is CCCNc1ncnc(NCC2CCCC2O)c1CC. The van der Waals surface area contributed by atoms with Crippen molar-refractivity contribution in [3.05, 3.63) is 11.9 Å². The average Bonchev–Trinajstić information content (AvgIpc) is 2.88. The summed E-state index contributed by atoms with van der Waals surface area (Å²) in [4.78, 5) is 8.69. The smallest absolute Gasteiger partial charge is 0.134 e. The molecule has 3 N–H and O–H groups in total. The molecule has 1 heterocycles. The van der Waals surface area contributed by atoms with E-state index in [-0.39, 0.29) is 6.10 Å². The van der Waals surface area contributed by atoms with Gasteiger partial charge in [0.15, 0.2) is 0 Å². The zero-order chi connectivity index (χ0) is 14.4. The van der Waals surface area contributed by atoms with Crippen molar-refractivity contribution in [3.63, 3.8) is 0 Å². The fourth-order valence-electron chi connectivity index (χ4n) is 2.78. The normalized spacial score (nSPS) is 21.9. The Hall–Kier alpha value is -1.36. The maximum Gasteiger partial charge on any atom is 0.134 e. The third kappa shape index (κ3) is 3.60. The lowest BCUT2D eigenvalue weighted by molar-refractivity contribution is 0.138. The molecular weight excluding hydrogens is 252 g/mol. The minimum absolute atomic E-state index is 0.160. The molecule has 1 saturated carbocycles. The van der Waals surface area contributed by atoms with Crippen LogP contribution < -0.4 is 10.6 Å². The number of aromatic nitrogens is 2. The summed E-state index contributed by atoms with van der Waals surface area (Å²) in [6.07, 6.45) is 6.56. The molecule has 0 aliphatic heterocycles. The van der Waals surface area contributed by atoms with Gasteiger partial charge < -0.3 is 15.7 Å². The Bertz CT molecular complexity index is 424. The molecule has 5 heteroatoms.